The second kappa shape index (κ2) is 15.9. The van der Waals surface area contributed by atoms with E-state index in [4.69, 9.17) is 0 Å². The van der Waals surface area contributed by atoms with Crippen LogP contribution in [-0.4, -0.2) is 6.71 Å². The van der Waals surface area contributed by atoms with Crippen molar-refractivity contribution in [3.05, 3.63) is 205 Å². The first-order chi connectivity index (χ1) is 32.1. The second-order valence-corrected chi connectivity index (χ2v) is 22.5. The van der Waals surface area contributed by atoms with Gasteiger partial charge in [0.15, 0.2) is 0 Å². The molecule has 3 nitrogen and oxygen atoms in total. The lowest BCUT2D eigenvalue weighted by atomic mass is 9.33. The molecule has 0 amide bonds. The number of anilines is 9. The van der Waals surface area contributed by atoms with E-state index >= 15 is 0 Å². The van der Waals surface area contributed by atoms with E-state index in [0.29, 0.717) is 0 Å². The first-order valence-corrected chi connectivity index (χ1v) is 24.6. The van der Waals surface area contributed by atoms with Crippen molar-refractivity contribution in [3.8, 4) is 11.1 Å². The molecule has 0 saturated carbocycles. The fourth-order valence-electron chi connectivity index (χ4n) is 10.3. The van der Waals surface area contributed by atoms with Crippen molar-refractivity contribution < 1.29 is 0 Å². The van der Waals surface area contributed by atoms with Gasteiger partial charge in [0, 0.05) is 50.2 Å². The summed E-state index contributed by atoms with van der Waals surface area (Å²) in [6, 6.07) is 70.8. The van der Waals surface area contributed by atoms with Crippen LogP contribution in [0.3, 0.4) is 0 Å². The van der Waals surface area contributed by atoms with Crippen molar-refractivity contribution in [3.63, 3.8) is 0 Å². The molecule has 67 heavy (non-hydrogen) atoms. The Morgan fingerprint density at radius 3 is 1.54 bits per heavy atom. The van der Waals surface area contributed by atoms with Gasteiger partial charge in [0.1, 0.15) is 0 Å². The highest BCUT2D eigenvalue weighted by Gasteiger charge is 2.45. The number of nitrogens with zero attached hydrogens (tertiary/aromatic N) is 3. The van der Waals surface area contributed by atoms with Gasteiger partial charge in [0.25, 0.3) is 6.71 Å². The molecule has 0 spiro atoms. The molecule has 8 aromatic carbocycles. The van der Waals surface area contributed by atoms with Gasteiger partial charge in [-0.1, -0.05) is 172 Å². The lowest BCUT2D eigenvalue weighted by molar-refractivity contribution is 0.590. The summed E-state index contributed by atoms with van der Waals surface area (Å²) in [6.07, 6.45) is 0. The molecular formula is C62H58BN3S. The molecule has 5 heteroatoms. The number of hydrogen-bond acceptors (Lipinski definition) is 4. The monoisotopic (exact) mass is 887 g/mol. The van der Waals surface area contributed by atoms with Gasteiger partial charge in [-0.25, -0.2) is 0 Å². The van der Waals surface area contributed by atoms with Crippen LogP contribution in [0.4, 0.5) is 50.5 Å². The Kier molecular flexibility index (Phi) is 10.2. The minimum absolute atomic E-state index is 0.0105. The molecular weight excluding hydrogens is 830 g/mol. The zero-order chi connectivity index (χ0) is 46.4. The molecule has 0 fully saturated rings. The van der Waals surface area contributed by atoms with Crippen LogP contribution in [0.5, 0.6) is 0 Å². The first-order valence-electron chi connectivity index (χ1n) is 23.8. The summed E-state index contributed by atoms with van der Waals surface area (Å²) in [4.78, 5) is 7.50. The van der Waals surface area contributed by atoms with Gasteiger partial charge in [-0.2, -0.15) is 0 Å². The van der Waals surface area contributed by atoms with Crippen molar-refractivity contribution in [2.75, 3.05) is 14.7 Å². The molecule has 2 aliphatic heterocycles. The highest BCUT2D eigenvalue weighted by Crippen LogP contribution is 2.49. The lowest BCUT2D eigenvalue weighted by Gasteiger charge is -2.43. The van der Waals surface area contributed by atoms with Crippen LogP contribution in [0.2, 0.25) is 0 Å². The Balaban J connectivity index is 1.12. The first kappa shape index (κ1) is 42.8. The summed E-state index contributed by atoms with van der Waals surface area (Å²) in [5, 5.41) is 2.59. The van der Waals surface area contributed by atoms with Gasteiger partial charge in [0.05, 0.1) is 5.00 Å². The third-order valence-electron chi connectivity index (χ3n) is 13.9. The molecule has 0 aliphatic carbocycles. The van der Waals surface area contributed by atoms with Crippen molar-refractivity contribution in [2.45, 2.75) is 78.6 Å². The molecule has 0 bridgehead atoms. The van der Waals surface area contributed by atoms with Crippen molar-refractivity contribution in [2.24, 2.45) is 0 Å². The van der Waals surface area contributed by atoms with E-state index in [0.717, 1.165) is 28.4 Å². The minimum atomic E-state index is 0.0105. The van der Waals surface area contributed by atoms with E-state index in [1.807, 2.05) is 11.3 Å². The standard InChI is InChI=1S/C62H58BN3S/c1-60(2,3)43-27-25-41(26-28-43)42-17-15-20-49(39-42)66-54-23-16-22-53-58(54)63(57-51-21-13-14-24-56(51)67-59(57)66)52-38-37-50(40-55(52)65(53)46-18-11-10-12-19-46)64(47-33-29-44(30-34-47)61(4,5)6)48-35-31-45(32-36-48)62(7,8)9/h10-40H,1-9H3. The summed E-state index contributed by atoms with van der Waals surface area (Å²) in [7, 11) is 0. The Hall–Kier alpha value is -6.82. The molecule has 2 aliphatic rings. The third-order valence-corrected chi connectivity index (χ3v) is 15.1. The average molecular weight is 888 g/mol. The van der Waals surface area contributed by atoms with Gasteiger partial charge < -0.3 is 14.7 Å². The van der Waals surface area contributed by atoms with E-state index < -0.39 is 0 Å². The van der Waals surface area contributed by atoms with Crippen LogP contribution < -0.4 is 31.1 Å². The van der Waals surface area contributed by atoms with Crippen LogP contribution in [0, 0.1) is 0 Å². The molecule has 1 aromatic heterocycles. The summed E-state index contributed by atoms with van der Waals surface area (Å²) >= 11 is 1.91. The maximum absolute atomic E-state index is 2.55. The normalized spacial score (nSPS) is 13.4. The maximum Gasteiger partial charge on any atom is 0.254 e. The van der Waals surface area contributed by atoms with Gasteiger partial charge in [-0.15, -0.1) is 11.3 Å². The summed E-state index contributed by atoms with van der Waals surface area (Å²) in [5.74, 6) is 0. The SMILES string of the molecule is CC(C)(C)c1ccc(-c2cccc(N3c4cccc5c4B(c4ccc(N(c6ccc(C(C)(C)C)cc6)c6ccc(C(C)(C)C)cc6)cc4N5c4ccccc4)c4c3sc3ccccc43)c2)cc1. The smallest absolute Gasteiger partial charge is 0.254 e. The van der Waals surface area contributed by atoms with Crippen LogP contribution in [-0.2, 0) is 16.2 Å². The van der Waals surface area contributed by atoms with Crippen molar-refractivity contribution in [1.29, 1.82) is 0 Å². The van der Waals surface area contributed by atoms with E-state index in [1.165, 1.54) is 76.4 Å². The Morgan fingerprint density at radius 2 is 0.925 bits per heavy atom. The van der Waals surface area contributed by atoms with Gasteiger partial charge in [-0.3, -0.25) is 0 Å². The quantitative estimate of drug-likeness (QED) is 0.154. The van der Waals surface area contributed by atoms with E-state index in [-0.39, 0.29) is 23.0 Å². The predicted molar refractivity (Wildman–Crippen MR) is 292 cm³/mol. The molecule has 3 heterocycles. The van der Waals surface area contributed by atoms with Crippen molar-refractivity contribution in [1.82, 2.24) is 0 Å². The predicted octanol–water partition coefficient (Wildman–Crippen LogP) is 16.0. The molecule has 11 rings (SSSR count). The van der Waals surface area contributed by atoms with Gasteiger partial charge >= 0.3 is 0 Å². The largest absolute Gasteiger partial charge is 0.311 e. The maximum atomic E-state index is 2.55. The van der Waals surface area contributed by atoms with Crippen LogP contribution in [0.1, 0.15) is 79.0 Å². The summed E-state index contributed by atoms with van der Waals surface area (Å²) < 4.78 is 1.30. The Labute approximate surface area is 402 Å². The van der Waals surface area contributed by atoms with Gasteiger partial charge in [-0.05, 0) is 145 Å². The molecule has 0 N–H and O–H groups in total. The summed E-state index contributed by atoms with van der Waals surface area (Å²) in [6.45, 7) is 20.5. The zero-order valence-corrected chi connectivity index (χ0v) is 41.0. The van der Waals surface area contributed by atoms with Crippen LogP contribution in [0.15, 0.2) is 188 Å². The Morgan fingerprint density at radius 1 is 0.403 bits per heavy atom. The third kappa shape index (κ3) is 7.45. The zero-order valence-electron chi connectivity index (χ0n) is 40.2. The highest BCUT2D eigenvalue weighted by atomic mass is 32.1. The number of para-hydroxylation sites is 1. The van der Waals surface area contributed by atoms with Crippen molar-refractivity contribution >= 4 is 95.0 Å². The van der Waals surface area contributed by atoms with Crippen LogP contribution >= 0.6 is 11.3 Å². The van der Waals surface area contributed by atoms with E-state index in [2.05, 4.69) is 265 Å². The second-order valence-electron chi connectivity index (χ2n) is 21.5. The fraction of sp³-hybridized carbons (Fsp3) is 0.194. The molecule has 330 valence electrons. The molecule has 0 saturated heterocycles. The number of fused-ring (bicyclic) bond motifs is 6. The van der Waals surface area contributed by atoms with Gasteiger partial charge in [0.2, 0.25) is 0 Å². The van der Waals surface area contributed by atoms with Crippen LogP contribution in [0.25, 0.3) is 21.2 Å². The molecule has 0 atom stereocenters. The highest BCUT2D eigenvalue weighted by molar-refractivity contribution is 7.26. The molecule has 0 unspecified atom stereocenters. The Bertz CT molecular complexity index is 3240. The average Bonchev–Trinajstić information content (AvgIpc) is 3.70. The topological polar surface area (TPSA) is 9.72 Å². The molecule has 0 radical (unpaired) electrons. The van der Waals surface area contributed by atoms with E-state index in [9.17, 15) is 0 Å². The number of benzene rings is 8. The fourth-order valence-corrected chi connectivity index (χ4v) is 11.6. The number of thiophene rings is 1. The molecule has 9 aromatic rings. The minimum Gasteiger partial charge on any atom is -0.311 e. The lowest BCUT2D eigenvalue weighted by Crippen LogP contribution is -2.61. The number of rotatable bonds is 6. The number of hydrogen-bond donors (Lipinski definition) is 0. The summed E-state index contributed by atoms with van der Waals surface area (Å²) in [5.41, 5.74) is 19.9. The van der Waals surface area contributed by atoms with E-state index in [1.54, 1.807) is 0 Å².